The molecule has 1 fully saturated rings. The number of imide groups is 1. The molecule has 2 aromatic carbocycles. The average molecular weight is 338 g/mol. The van der Waals surface area contributed by atoms with Crippen LogP contribution in [0.4, 0.5) is 4.79 Å². The molecule has 25 heavy (non-hydrogen) atoms. The first-order valence-corrected chi connectivity index (χ1v) is 8.34. The number of aryl methyl sites for hydroxylation is 1. The molecule has 0 bridgehead atoms. The fourth-order valence-corrected chi connectivity index (χ4v) is 3.28. The number of ether oxygens (including phenoxy) is 1. The van der Waals surface area contributed by atoms with Crippen molar-refractivity contribution in [1.29, 1.82) is 0 Å². The first kappa shape index (κ1) is 17.0. The van der Waals surface area contributed by atoms with E-state index in [0.717, 1.165) is 16.7 Å². The molecule has 1 aliphatic heterocycles. The Morgan fingerprint density at radius 2 is 1.84 bits per heavy atom. The predicted octanol–water partition coefficient (Wildman–Crippen LogP) is 3.36. The first-order valence-electron chi connectivity index (χ1n) is 8.34. The van der Waals surface area contributed by atoms with Crippen molar-refractivity contribution in [2.24, 2.45) is 0 Å². The SMILES string of the molecule is CC[C@@]1(c2ccc(OC)cc2)NC(=O)N(Cc2cccc(C)c2)C1=O. The van der Waals surface area contributed by atoms with E-state index in [1.54, 1.807) is 19.2 Å². The Bertz CT molecular complexity index is 801. The number of benzene rings is 2. The fourth-order valence-electron chi connectivity index (χ4n) is 3.28. The van der Waals surface area contributed by atoms with E-state index < -0.39 is 5.54 Å². The molecule has 130 valence electrons. The van der Waals surface area contributed by atoms with Crippen LogP contribution in [0.25, 0.3) is 0 Å². The van der Waals surface area contributed by atoms with Crippen molar-refractivity contribution in [3.8, 4) is 5.75 Å². The molecule has 3 rings (SSSR count). The number of hydrogen-bond acceptors (Lipinski definition) is 3. The maximum Gasteiger partial charge on any atom is 0.325 e. The standard InChI is InChI=1S/C20H22N2O3/c1-4-20(16-8-10-17(25-3)11-9-16)18(23)22(19(24)21-20)13-15-7-5-6-14(2)12-15/h5-12H,4,13H2,1-3H3,(H,21,24)/t20-/m0/s1. The highest BCUT2D eigenvalue weighted by Gasteiger charge is 2.51. The van der Waals surface area contributed by atoms with Crippen molar-refractivity contribution in [3.05, 3.63) is 65.2 Å². The lowest BCUT2D eigenvalue weighted by molar-refractivity contribution is -0.132. The summed E-state index contributed by atoms with van der Waals surface area (Å²) in [5.74, 6) is 0.495. The number of carbonyl (C=O) groups is 2. The lowest BCUT2D eigenvalue weighted by atomic mass is 9.87. The van der Waals surface area contributed by atoms with Crippen molar-refractivity contribution in [3.63, 3.8) is 0 Å². The number of urea groups is 1. The highest BCUT2D eigenvalue weighted by molar-refractivity contribution is 6.07. The van der Waals surface area contributed by atoms with Crippen LogP contribution in [0.15, 0.2) is 48.5 Å². The van der Waals surface area contributed by atoms with Crippen molar-refractivity contribution < 1.29 is 14.3 Å². The first-order chi connectivity index (χ1) is 12.0. The summed E-state index contributed by atoms with van der Waals surface area (Å²) in [6.07, 6.45) is 0.480. The summed E-state index contributed by atoms with van der Waals surface area (Å²) in [7, 11) is 1.59. The monoisotopic (exact) mass is 338 g/mol. The minimum atomic E-state index is -1.02. The Kier molecular flexibility index (Phi) is 4.49. The number of carbonyl (C=O) groups excluding carboxylic acids is 2. The number of rotatable bonds is 5. The summed E-state index contributed by atoms with van der Waals surface area (Å²) in [5.41, 5.74) is 1.78. The molecular formula is C20H22N2O3. The highest BCUT2D eigenvalue weighted by Crippen LogP contribution is 2.34. The number of nitrogens with zero attached hydrogens (tertiary/aromatic N) is 1. The van der Waals surface area contributed by atoms with E-state index in [1.807, 2.05) is 50.2 Å². The van der Waals surface area contributed by atoms with E-state index in [-0.39, 0.29) is 18.5 Å². The van der Waals surface area contributed by atoms with Crippen LogP contribution in [0.3, 0.4) is 0 Å². The van der Waals surface area contributed by atoms with Gasteiger partial charge in [-0.05, 0) is 36.6 Å². The second kappa shape index (κ2) is 6.59. The van der Waals surface area contributed by atoms with Crippen LogP contribution in [-0.4, -0.2) is 23.9 Å². The second-order valence-corrected chi connectivity index (χ2v) is 6.30. The quantitative estimate of drug-likeness (QED) is 0.851. The molecule has 1 heterocycles. The Hall–Kier alpha value is -2.82. The third-order valence-corrected chi connectivity index (χ3v) is 4.71. The van der Waals surface area contributed by atoms with Gasteiger partial charge in [-0.2, -0.15) is 0 Å². The second-order valence-electron chi connectivity index (χ2n) is 6.30. The summed E-state index contributed by atoms with van der Waals surface area (Å²) in [5, 5.41) is 2.90. The molecule has 1 aliphatic rings. The average Bonchev–Trinajstić information content (AvgIpc) is 2.87. The van der Waals surface area contributed by atoms with E-state index in [9.17, 15) is 9.59 Å². The molecule has 2 aromatic rings. The van der Waals surface area contributed by atoms with Crippen LogP contribution in [0, 0.1) is 6.92 Å². The lowest BCUT2D eigenvalue weighted by Crippen LogP contribution is -2.43. The molecule has 1 saturated heterocycles. The van der Waals surface area contributed by atoms with Gasteiger partial charge in [0.2, 0.25) is 0 Å². The zero-order valence-corrected chi connectivity index (χ0v) is 14.7. The van der Waals surface area contributed by atoms with E-state index in [4.69, 9.17) is 4.74 Å². The number of nitrogens with one attached hydrogen (secondary N) is 1. The summed E-state index contributed by atoms with van der Waals surface area (Å²) in [6.45, 7) is 4.16. The Morgan fingerprint density at radius 3 is 2.44 bits per heavy atom. The molecule has 3 amide bonds. The molecule has 0 saturated carbocycles. The highest BCUT2D eigenvalue weighted by atomic mass is 16.5. The molecule has 1 atom stereocenters. The van der Waals surface area contributed by atoms with Gasteiger partial charge in [0.25, 0.3) is 5.91 Å². The Balaban J connectivity index is 1.91. The van der Waals surface area contributed by atoms with E-state index in [1.165, 1.54) is 4.90 Å². The van der Waals surface area contributed by atoms with Gasteiger partial charge in [0.1, 0.15) is 11.3 Å². The molecular weight excluding hydrogens is 316 g/mol. The number of amides is 3. The van der Waals surface area contributed by atoms with Crippen LogP contribution in [0.2, 0.25) is 0 Å². The summed E-state index contributed by atoms with van der Waals surface area (Å²) >= 11 is 0. The minimum Gasteiger partial charge on any atom is -0.497 e. The summed E-state index contributed by atoms with van der Waals surface area (Å²) in [6, 6.07) is 14.7. The molecule has 0 radical (unpaired) electrons. The third-order valence-electron chi connectivity index (χ3n) is 4.71. The van der Waals surface area contributed by atoms with Gasteiger partial charge >= 0.3 is 6.03 Å². The maximum atomic E-state index is 13.1. The minimum absolute atomic E-state index is 0.216. The summed E-state index contributed by atoms with van der Waals surface area (Å²) in [4.78, 5) is 26.9. The predicted molar refractivity (Wildman–Crippen MR) is 95.2 cm³/mol. The molecule has 0 spiro atoms. The van der Waals surface area contributed by atoms with Gasteiger partial charge in [0.05, 0.1) is 13.7 Å². The largest absolute Gasteiger partial charge is 0.497 e. The molecule has 0 unspecified atom stereocenters. The van der Waals surface area contributed by atoms with Gasteiger partial charge < -0.3 is 10.1 Å². The van der Waals surface area contributed by atoms with E-state index in [0.29, 0.717) is 12.2 Å². The Morgan fingerprint density at radius 1 is 1.12 bits per heavy atom. The van der Waals surface area contributed by atoms with Crippen molar-refractivity contribution in [1.82, 2.24) is 10.2 Å². The van der Waals surface area contributed by atoms with E-state index >= 15 is 0 Å². The number of hydrogen-bond donors (Lipinski definition) is 1. The van der Waals surface area contributed by atoms with Gasteiger partial charge in [0.15, 0.2) is 0 Å². The van der Waals surface area contributed by atoms with Gasteiger partial charge in [-0.15, -0.1) is 0 Å². The van der Waals surface area contributed by atoms with Gasteiger partial charge in [-0.25, -0.2) is 4.79 Å². The van der Waals surface area contributed by atoms with Crippen LogP contribution in [0.1, 0.15) is 30.0 Å². The van der Waals surface area contributed by atoms with Gasteiger partial charge in [0, 0.05) is 0 Å². The van der Waals surface area contributed by atoms with Crippen LogP contribution in [-0.2, 0) is 16.9 Å². The normalized spacial score (nSPS) is 19.9. The van der Waals surface area contributed by atoms with Crippen LogP contribution >= 0.6 is 0 Å². The van der Waals surface area contributed by atoms with Crippen molar-refractivity contribution in [2.75, 3.05) is 7.11 Å². The molecule has 5 heteroatoms. The van der Waals surface area contributed by atoms with Crippen LogP contribution in [0.5, 0.6) is 5.75 Å². The number of methoxy groups -OCH3 is 1. The lowest BCUT2D eigenvalue weighted by Gasteiger charge is -2.26. The van der Waals surface area contributed by atoms with Crippen LogP contribution < -0.4 is 10.1 Å². The fraction of sp³-hybridized carbons (Fsp3) is 0.300. The molecule has 0 aromatic heterocycles. The zero-order valence-electron chi connectivity index (χ0n) is 14.7. The topological polar surface area (TPSA) is 58.6 Å². The molecule has 5 nitrogen and oxygen atoms in total. The smallest absolute Gasteiger partial charge is 0.325 e. The molecule has 0 aliphatic carbocycles. The zero-order chi connectivity index (χ0) is 18.0. The van der Waals surface area contributed by atoms with Crippen molar-refractivity contribution in [2.45, 2.75) is 32.4 Å². The van der Waals surface area contributed by atoms with Crippen molar-refractivity contribution >= 4 is 11.9 Å². The Labute approximate surface area is 147 Å². The summed E-state index contributed by atoms with van der Waals surface area (Å²) < 4.78 is 5.17. The third kappa shape index (κ3) is 2.97. The van der Waals surface area contributed by atoms with Gasteiger partial charge in [-0.1, -0.05) is 48.9 Å². The van der Waals surface area contributed by atoms with E-state index in [2.05, 4.69) is 5.32 Å². The maximum absolute atomic E-state index is 13.1. The van der Waals surface area contributed by atoms with Gasteiger partial charge in [-0.3, -0.25) is 9.69 Å². The molecule has 1 N–H and O–H groups in total.